The lowest BCUT2D eigenvalue weighted by Crippen LogP contribution is -2.58. The van der Waals surface area contributed by atoms with Crippen LogP contribution >= 0.6 is 0 Å². The van der Waals surface area contributed by atoms with Crippen LogP contribution in [0.15, 0.2) is 48.7 Å². The van der Waals surface area contributed by atoms with E-state index in [2.05, 4.69) is 26.0 Å². The number of aromatic amines is 3. The predicted octanol–water partition coefficient (Wildman–Crippen LogP) is 2.42. The maximum Gasteiger partial charge on any atom is 0.430 e. The highest BCUT2D eigenvalue weighted by Gasteiger charge is 2.29. The third-order valence-electron chi connectivity index (χ3n) is 7.92. The molecule has 54 heavy (non-hydrogen) atoms. The van der Waals surface area contributed by atoms with Crippen LogP contribution in [0.25, 0.3) is 22.2 Å². The van der Waals surface area contributed by atoms with Gasteiger partial charge in [0.15, 0.2) is 11.9 Å². The average Bonchev–Trinajstić information content (AvgIpc) is 3.71. The molecule has 1 amide bonds. The Kier molecular flexibility index (Phi) is 16.7. The molecule has 2 aromatic heterocycles. The summed E-state index contributed by atoms with van der Waals surface area (Å²) in [6, 6.07) is 13.6. The fourth-order valence-corrected chi connectivity index (χ4v) is 5.08. The summed E-state index contributed by atoms with van der Waals surface area (Å²) in [6.07, 6.45) is -3.92. The van der Waals surface area contributed by atoms with Crippen molar-refractivity contribution in [3.8, 4) is 17.0 Å². The molecular weight excluding hydrogens is 730 g/mol. The lowest BCUT2D eigenvalue weighted by atomic mass is 10.0. The molecule has 2 heterocycles. The summed E-state index contributed by atoms with van der Waals surface area (Å²) in [6.45, 7) is 3.89. The number of quaternary nitrogens is 1. The Balaban J connectivity index is 0.000000610. The summed E-state index contributed by atoms with van der Waals surface area (Å²) in [5.41, 5.74) is 15.7. The minimum Gasteiger partial charge on any atom is -0.542 e. The highest BCUT2D eigenvalue weighted by atomic mass is 19.4. The van der Waals surface area contributed by atoms with Gasteiger partial charge in [-0.1, -0.05) is 38.0 Å². The molecule has 1 unspecified atom stereocenters. The maximum atomic E-state index is 13.4. The van der Waals surface area contributed by atoms with Gasteiger partial charge in [-0.25, -0.2) is 9.97 Å². The molecule has 0 fully saturated rings. The van der Waals surface area contributed by atoms with E-state index >= 15 is 0 Å². The van der Waals surface area contributed by atoms with Gasteiger partial charge >= 0.3 is 12.4 Å². The Hall–Kier alpha value is -5.43. The van der Waals surface area contributed by atoms with E-state index in [1.54, 1.807) is 7.11 Å². The third kappa shape index (κ3) is 14.2. The molecule has 9 N–H and O–H groups in total. The van der Waals surface area contributed by atoms with Crippen LogP contribution in [0, 0.1) is 6.92 Å². The number of amides is 1. The fraction of sp³-hybridized carbons (Fsp3) is 0.400. The Labute approximate surface area is 305 Å². The van der Waals surface area contributed by atoms with Gasteiger partial charge in [-0.3, -0.25) is 15.3 Å². The maximum absolute atomic E-state index is 13.4. The minimum absolute atomic E-state index is 0.0624. The minimum atomic E-state index is -5.19. The first-order chi connectivity index (χ1) is 25.2. The van der Waals surface area contributed by atoms with Gasteiger partial charge < -0.3 is 40.6 Å². The summed E-state index contributed by atoms with van der Waals surface area (Å²) in [4.78, 5) is 52.9. The van der Waals surface area contributed by atoms with E-state index in [1.165, 1.54) is 0 Å². The topological polar surface area (TPSA) is 235 Å². The number of imidazole rings is 1. The summed E-state index contributed by atoms with van der Waals surface area (Å²) in [5.74, 6) is -4.20. The van der Waals surface area contributed by atoms with Crippen molar-refractivity contribution in [3.63, 3.8) is 0 Å². The van der Waals surface area contributed by atoms with Crippen LogP contribution in [0.5, 0.6) is 5.75 Å². The Morgan fingerprint density at radius 3 is 2.15 bits per heavy atom. The molecule has 0 radical (unpaired) electrons. The molecule has 2 aromatic carbocycles. The number of Topliss-reactive ketones (excluding diaryl/α,β-unsaturated/α-hetero) is 1. The summed E-state index contributed by atoms with van der Waals surface area (Å²) in [5, 5.41) is 21.8. The number of benzene rings is 2. The zero-order valence-electron chi connectivity index (χ0n) is 29.6. The summed E-state index contributed by atoms with van der Waals surface area (Å²) in [7, 11) is 1.64. The van der Waals surface area contributed by atoms with Crippen molar-refractivity contribution in [2.45, 2.75) is 83.4 Å². The van der Waals surface area contributed by atoms with E-state index in [0.717, 1.165) is 76.2 Å². The Morgan fingerprint density at radius 1 is 0.963 bits per heavy atom. The number of ether oxygens (including phenoxy) is 1. The number of ketones is 1. The predicted molar refractivity (Wildman–Crippen MR) is 177 cm³/mol. The second-order valence-electron chi connectivity index (χ2n) is 12.0. The highest BCUT2D eigenvalue weighted by Crippen LogP contribution is 2.28. The SMILES string of the molecule is CCC(=O)CCCCC[C@H](NC(=O)Cc1c(C)[nH]c2ccc(OC)cc12)c1[nH]c(-c2cccc(C(N)[NH3+])c2)c[nH+]1.O=C([O-])C(F)(F)F.O=C([O-])C(F)(F)F. The largest absolute Gasteiger partial charge is 0.542 e. The molecule has 2 atom stereocenters. The molecule has 4 aromatic rings. The number of hydrogen-bond acceptors (Lipinski definition) is 8. The van der Waals surface area contributed by atoms with Gasteiger partial charge in [0.05, 0.1) is 13.5 Å². The van der Waals surface area contributed by atoms with Gasteiger partial charge in [-0.2, -0.15) is 26.3 Å². The molecule has 0 bridgehead atoms. The lowest BCUT2D eigenvalue weighted by molar-refractivity contribution is -0.424. The van der Waals surface area contributed by atoms with Crippen LogP contribution in [-0.2, 0) is 25.6 Å². The summed E-state index contributed by atoms with van der Waals surface area (Å²) >= 11 is 0. The van der Waals surface area contributed by atoms with E-state index in [-0.39, 0.29) is 24.5 Å². The highest BCUT2D eigenvalue weighted by molar-refractivity contribution is 5.91. The van der Waals surface area contributed by atoms with Crippen molar-refractivity contribution >= 4 is 34.5 Å². The number of carboxylic acids is 2. The van der Waals surface area contributed by atoms with Crippen molar-refractivity contribution in [1.29, 1.82) is 0 Å². The van der Waals surface area contributed by atoms with Crippen LogP contribution in [0.1, 0.15) is 80.3 Å². The van der Waals surface area contributed by atoms with E-state index in [0.29, 0.717) is 18.6 Å². The fourth-order valence-electron chi connectivity index (χ4n) is 5.08. The molecule has 0 aliphatic rings. The van der Waals surface area contributed by atoms with Gasteiger partial charge in [0, 0.05) is 40.6 Å². The number of aliphatic carboxylic acids is 2. The molecular formula is C35H42F6N6O7. The smallest absolute Gasteiger partial charge is 0.430 e. The molecule has 13 nitrogen and oxygen atoms in total. The first-order valence-corrected chi connectivity index (χ1v) is 16.5. The molecule has 0 saturated heterocycles. The molecule has 0 aliphatic heterocycles. The second-order valence-corrected chi connectivity index (χ2v) is 12.0. The van der Waals surface area contributed by atoms with E-state index in [1.807, 2.05) is 62.5 Å². The molecule has 0 aliphatic carbocycles. The number of halogens is 6. The van der Waals surface area contributed by atoms with Crippen molar-refractivity contribution in [3.05, 3.63) is 71.3 Å². The Morgan fingerprint density at radius 2 is 1.59 bits per heavy atom. The van der Waals surface area contributed by atoms with Crippen LogP contribution < -0.4 is 36.7 Å². The third-order valence-corrected chi connectivity index (χ3v) is 7.92. The van der Waals surface area contributed by atoms with E-state index < -0.39 is 24.3 Å². The van der Waals surface area contributed by atoms with Gasteiger partial charge in [0.25, 0.3) is 5.82 Å². The normalized spacial score (nSPS) is 12.4. The van der Waals surface area contributed by atoms with Crippen LogP contribution in [-0.4, -0.2) is 53.1 Å². The number of alkyl halides is 6. The quantitative estimate of drug-likeness (QED) is 0.0724. The number of aryl methyl sites for hydroxylation is 1. The van der Waals surface area contributed by atoms with Crippen LogP contribution in [0.4, 0.5) is 26.3 Å². The number of carbonyl (C=O) groups is 4. The number of H-pyrrole nitrogens is 3. The van der Waals surface area contributed by atoms with Gasteiger partial charge in [-0.15, -0.1) is 0 Å². The van der Waals surface area contributed by atoms with Crippen molar-refractivity contribution in [1.82, 2.24) is 15.3 Å². The number of rotatable bonds is 14. The number of nitrogens with one attached hydrogen (secondary N) is 4. The zero-order valence-corrected chi connectivity index (χ0v) is 29.6. The van der Waals surface area contributed by atoms with Crippen LogP contribution in [0.3, 0.4) is 0 Å². The van der Waals surface area contributed by atoms with Crippen molar-refractivity contribution in [2.75, 3.05) is 7.11 Å². The zero-order chi connectivity index (χ0) is 40.8. The van der Waals surface area contributed by atoms with Crippen LogP contribution in [0.2, 0.25) is 0 Å². The van der Waals surface area contributed by atoms with Gasteiger partial charge in [0.1, 0.15) is 35.7 Å². The number of unbranched alkanes of at least 4 members (excludes halogenated alkanes) is 2. The number of methoxy groups -OCH3 is 1. The second kappa shape index (κ2) is 20.1. The molecule has 296 valence electrons. The number of aromatic nitrogens is 3. The molecule has 0 saturated carbocycles. The van der Waals surface area contributed by atoms with Crippen molar-refractivity contribution in [2.24, 2.45) is 5.73 Å². The van der Waals surface area contributed by atoms with E-state index in [9.17, 15) is 35.9 Å². The number of carbonyl (C=O) groups excluding carboxylic acids is 4. The van der Waals surface area contributed by atoms with Gasteiger partial charge in [-0.05, 0) is 49.6 Å². The average molecular weight is 773 g/mol. The Bertz CT molecular complexity index is 1850. The molecule has 0 spiro atoms. The van der Waals surface area contributed by atoms with Crippen molar-refractivity contribution < 1.29 is 71.2 Å². The number of hydrogen-bond donors (Lipinski definition) is 5. The first-order valence-electron chi connectivity index (χ1n) is 16.5. The molecule has 4 rings (SSSR count). The number of nitrogens with two attached hydrogens (primary N) is 1. The standard InChI is InChI=1S/C31H40N6O3.2C2HF3O2/c1-4-22(38)11-6-5-7-12-27(31-34-18-28(37-31)20-9-8-10-21(15-20)30(32)33)36-29(39)17-24-19(2)35-26-14-13-23(40-3)16-25(24)26;2*3-2(4,5)1(6)7/h8-10,13-16,18,27,30,35H,4-7,11-12,17,32-33H2,1-3H3,(H,34,37)(H,36,39);2*(H,6,7)/t27-;;/m0../s1. The van der Waals surface area contributed by atoms with Gasteiger partial charge in [0.2, 0.25) is 5.91 Å². The summed E-state index contributed by atoms with van der Waals surface area (Å²) < 4.78 is 68.5. The van der Waals surface area contributed by atoms with E-state index in [4.69, 9.17) is 30.3 Å². The number of carboxylic acid groups (broad SMARTS) is 2. The molecule has 19 heteroatoms. The number of fused-ring (bicyclic) bond motifs is 1. The monoisotopic (exact) mass is 772 g/mol. The first kappa shape index (κ1) is 44.7. The lowest BCUT2D eigenvalue weighted by Gasteiger charge is -2.14.